The van der Waals surface area contributed by atoms with E-state index in [0.717, 1.165) is 28.1 Å². The molecule has 1 heterocycles. The van der Waals surface area contributed by atoms with Crippen LogP contribution in [0.15, 0.2) is 18.2 Å². The van der Waals surface area contributed by atoms with Gasteiger partial charge in [-0.25, -0.2) is 0 Å². The van der Waals surface area contributed by atoms with Gasteiger partial charge in [-0.05, 0) is 38.8 Å². The number of rotatable bonds is 3. The third-order valence-electron chi connectivity index (χ3n) is 2.84. The number of H-pyrrole nitrogens is 1. The van der Waals surface area contributed by atoms with E-state index >= 15 is 0 Å². The zero-order valence-corrected chi connectivity index (χ0v) is 11.1. The average molecular weight is 232 g/mol. The highest BCUT2D eigenvalue weighted by Crippen LogP contribution is 2.24. The maximum absolute atomic E-state index is 11.8. The van der Waals surface area contributed by atoms with Gasteiger partial charge in [0.05, 0.1) is 5.56 Å². The van der Waals surface area contributed by atoms with Crippen LogP contribution >= 0.6 is 0 Å². The van der Waals surface area contributed by atoms with Crippen molar-refractivity contribution in [2.75, 3.05) is 7.05 Å². The third kappa shape index (κ3) is 2.49. The monoisotopic (exact) mass is 232 g/mol. The summed E-state index contributed by atoms with van der Waals surface area (Å²) in [6.45, 7) is 7.86. The van der Waals surface area contributed by atoms with E-state index < -0.39 is 0 Å². The first kappa shape index (κ1) is 13.3. The molecule has 3 nitrogen and oxygen atoms in total. The second kappa shape index (κ2) is 5.53. The van der Waals surface area contributed by atoms with Crippen LogP contribution < -0.4 is 5.32 Å². The second-order valence-electron chi connectivity index (χ2n) is 3.95. The van der Waals surface area contributed by atoms with Gasteiger partial charge < -0.3 is 10.3 Å². The summed E-state index contributed by atoms with van der Waals surface area (Å²) < 4.78 is 0. The molecule has 0 bridgehead atoms. The summed E-state index contributed by atoms with van der Waals surface area (Å²) in [5.74, 6) is -0.0431. The van der Waals surface area contributed by atoms with Crippen LogP contribution in [0, 0.1) is 13.8 Å². The molecule has 1 aromatic rings. The van der Waals surface area contributed by atoms with Crippen LogP contribution in [0.5, 0.6) is 0 Å². The highest BCUT2D eigenvalue weighted by molar-refractivity contribution is 5.98. The van der Waals surface area contributed by atoms with Gasteiger partial charge in [-0.15, -0.1) is 0 Å². The number of carbonyl (C=O) groups is 1. The average Bonchev–Trinajstić information content (AvgIpc) is 2.61. The van der Waals surface area contributed by atoms with E-state index in [-0.39, 0.29) is 5.91 Å². The molecule has 0 aliphatic rings. The Kier molecular flexibility index (Phi) is 4.32. The molecule has 0 spiro atoms. The zero-order valence-electron chi connectivity index (χ0n) is 11.1. The van der Waals surface area contributed by atoms with Crippen molar-refractivity contribution >= 4 is 11.5 Å². The van der Waals surface area contributed by atoms with Crippen LogP contribution in [0.2, 0.25) is 0 Å². The Morgan fingerprint density at radius 2 is 1.94 bits per heavy atom. The minimum absolute atomic E-state index is 0.0431. The first-order chi connectivity index (χ1) is 8.06. The fraction of sp³-hybridized carbons (Fsp3) is 0.357. The number of hydrogen-bond acceptors (Lipinski definition) is 1. The molecule has 0 saturated carbocycles. The molecule has 0 aliphatic heterocycles. The maximum Gasteiger partial charge on any atom is 0.253 e. The predicted molar refractivity (Wildman–Crippen MR) is 72.1 cm³/mol. The van der Waals surface area contributed by atoms with Gasteiger partial charge in [0.25, 0.3) is 5.91 Å². The van der Waals surface area contributed by atoms with Gasteiger partial charge in [-0.3, -0.25) is 4.79 Å². The van der Waals surface area contributed by atoms with Gasteiger partial charge in [-0.1, -0.05) is 18.2 Å². The molecular weight excluding hydrogens is 212 g/mol. The molecule has 0 aliphatic carbocycles. The standard InChI is InChI=1S/C14H20N2O/c1-6-8-11(7-2)13-9(3)12(10(4)16-13)14(17)15-5/h6-8,16H,1-5H3,(H,15,17)/b8-6-,11-7+. The highest BCUT2D eigenvalue weighted by atomic mass is 16.1. The summed E-state index contributed by atoms with van der Waals surface area (Å²) in [6, 6.07) is 0. The lowest BCUT2D eigenvalue weighted by Gasteiger charge is -2.02. The van der Waals surface area contributed by atoms with Crippen molar-refractivity contribution in [1.82, 2.24) is 10.3 Å². The first-order valence-electron chi connectivity index (χ1n) is 5.77. The zero-order chi connectivity index (χ0) is 13.0. The number of hydrogen-bond donors (Lipinski definition) is 2. The van der Waals surface area contributed by atoms with Crippen molar-refractivity contribution < 1.29 is 4.79 Å². The minimum atomic E-state index is -0.0431. The quantitative estimate of drug-likeness (QED) is 0.773. The van der Waals surface area contributed by atoms with Gasteiger partial charge in [0.2, 0.25) is 0 Å². The summed E-state index contributed by atoms with van der Waals surface area (Å²) in [5.41, 5.74) is 4.75. The second-order valence-corrected chi connectivity index (χ2v) is 3.95. The van der Waals surface area contributed by atoms with Crippen molar-refractivity contribution in [2.45, 2.75) is 27.7 Å². The lowest BCUT2D eigenvalue weighted by molar-refractivity contribution is 0.0962. The van der Waals surface area contributed by atoms with E-state index in [1.165, 1.54) is 0 Å². The predicted octanol–water partition coefficient (Wildman–Crippen LogP) is 2.97. The molecule has 1 aromatic heterocycles. The normalized spacial score (nSPS) is 12.2. The van der Waals surface area contributed by atoms with Gasteiger partial charge >= 0.3 is 0 Å². The topological polar surface area (TPSA) is 44.9 Å². The van der Waals surface area contributed by atoms with Crippen molar-refractivity contribution in [1.29, 1.82) is 0 Å². The smallest absolute Gasteiger partial charge is 0.253 e. The Labute approximate surface area is 103 Å². The number of carbonyl (C=O) groups excluding carboxylic acids is 1. The number of aromatic nitrogens is 1. The Hall–Kier alpha value is -1.77. The van der Waals surface area contributed by atoms with Crippen LogP contribution in [0.1, 0.15) is 41.2 Å². The first-order valence-corrected chi connectivity index (χ1v) is 5.77. The molecular formula is C14H20N2O. The molecule has 1 rings (SSSR count). The molecule has 1 amide bonds. The van der Waals surface area contributed by atoms with Gasteiger partial charge in [0.15, 0.2) is 0 Å². The minimum Gasteiger partial charge on any atom is -0.358 e. The molecule has 0 atom stereocenters. The molecule has 3 heteroatoms. The summed E-state index contributed by atoms with van der Waals surface area (Å²) in [5, 5.41) is 2.67. The van der Waals surface area contributed by atoms with Crippen molar-refractivity contribution in [2.24, 2.45) is 0 Å². The van der Waals surface area contributed by atoms with Crippen LogP contribution in [0.25, 0.3) is 5.57 Å². The van der Waals surface area contributed by atoms with Crippen LogP contribution in [-0.2, 0) is 0 Å². The van der Waals surface area contributed by atoms with E-state index in [0.29, 0.717) is 0 Å². The Balaban J connectivity index is 3.35. The fourth-order valence-corrected chi connectivity index (χ4v) is 2.01. The van der Waals surface area contributed by atoms with E-state index in [1.54, 1.807) is 7.05 Å². The number of allylic oxidation sites excluding steroid dienone is 4. The number of nitrogens with one attached hydrogen (secondary N) is 2. The molecule has 92 valence electrons. The van der Waals surface area contributed by atoms with Gasteiger partial charge in [0.1, 0.15) is 0 Å². The molecule has 0 unspecified atom stereocenters. The summed E-state index contributed by atoms with van der Waals surface area (Å²) >= 11 is 0. The lowest BCUT2D eigenvalue weighted by atomic mass is 10.0. The van der Waals surface area contributed by atoms with Crippen molar-refractivity contribution in [3.05, 3.63) is 40.7 Å². The molecule has 0 fully saturated rings. The molecule has 0 radical (unpaired) electrons. The van der Waals surface area contributed by atoms with E-state index in [2.05, 4.69) is 10.3 Å². The Bertz CT molecular complexity index is 479. The van der Waals surface area contributed by atoms with Crippen LogP contribution in [-0.4, -0.2) is 17.9 Å². The van der Waals surface area contributed by atoms with Gasteiger partial charge in [-0.2, -0.15) is 0 Å². The van der Waals surface area contributed by atoms with Gasteiger partial charge in [0, 0.05) is 18.4 Å². The third-order valence-corrected chi connectivity index (χ3v) is 2.84. The van der Waals surface area contributed by atoms with Crippen molar-refractivity contribution in [3.63, 3.8) is 0 Å². The summed E-state index contributed by atoms with van der Waals surface area (Å²) in [7, 11) is 1.65. The van der Waals surface area contributed by atoms with E-state index in [1.807, 2.05) is 45.9 Å². The molecule has 17 heavy (non-hydrogen) atoms. The SMILES string of the molecule is C/C=C\C(=C/C)c1[nH]c(C)c(C(=O)NC)c1C. The van der Waals surface area contributed by atoms with E-state index in [9.17, 15) is 4.79 Å². The maximum atomic E-state index is 11.8. The largest absolute Gasteiger partial charge is 0.358 e. The summed E-state index contributed by atoms with van der Waals surface area (Å²) in [4.78, 5) is 15.1. The van der Waals surface area contributed by atoms with Crippen LogP contribution in [0.3, 0.4) is 0 Å². The molecule has 0 saturated heterocycles. The summed E-state index contributed by atoms with van der Waals surface area (Å²) in [6.07, 6.45) is 6.06. The Morgan fingerprint density at radius 3 is 2.41 bits per heavy atom. The molecule has 2 N–H and O–H groups in total. The molecule has 0 aromatic carbocycles. The van der Waals surface area contributed by atoms with Crippen molar-refractivity contribution in [3.8, 4) is 0 Å². The lowest BCUT2D eigenvalue weighted by Crippen LogP contribution is -2.19. The number of aromatic amines is 1. The van der Waals surface area contributed by atoms with E-state index in [4.69, 9.17) is 0 Å². The number of amides is 1. The Morgan fingerprint density at radius 1 is 1.29 bits per heavy atom. The fourth-order valence-electron chi connectivity index (χ4n) is 2.01. The number of aryl methyl sites for hydroxylation is 1. The van der Waals surface area contributed by atoms with Crippen LogP contribution in [0.4, 0.5) is 0 Å². The highest BCUT2D eigenvalue weighted by Gasteiger charge is 2.17.